The zero-order valence-electron chi connectivity index (χ0n) is 27.1. The molecular weight excluding hydrogens is 628 g/mol. The summed E-state index contributed by atoms with van der Waals surface area (Å²) in [5.74, 6) is -3.48. The molecule has 1 fully saturated rings. The molecule has 0 spiro atoms. The lowest BCUT2D eigenvalue weighted by atomic mass is 9.96. The number of benzene rings is 2. The van der Waals surface area contributed by atoms with Crippen LogP contribution >= 0.6 is 0 Å². The molecule has 8 unspecified atom stereocenters. The van der Waals surface area contributed by atoms with Crippen molar-refractivity contribution in [3.05, 3.63) is 71.8 Å². The van der Waals surface area contributed by atoms with Crippen LogP contribution in [-0.4, -0.2) is 95.2 Å². The van der Waals surface area contributed by atoms with Crippen molar-refractivity contribution in [1.29, 1.82) is 0 Å². The van der Waals surface area contributed by atoms with Crippen molar-refractivity contribution in [2.24, 2.45) is 5.73 Å². The summed E-state index contributed by atoms with van der Waals surface area (Å²) >= 11 is 0. The van der Waals surface area contributed by atoms with Gasteiger partial charge in [-0.3, -0.25) is 24.0 Å². The molecule has 1 aliphatic heterocycles. The fraction of sp³-hybridized carbons (Fsp3) is 0.485. The summed E-state index contributed by atoms with van der Waals surface area (Å²) in [5, 5.41) is 28.4. The molecule has 2 aromatic rings. The zero-order valence-corrected chi connectivity index (χ0v) is 27.1. The summed E-state index contributed by atoms with van der Waals surface area (Å²) in [5.41, 5.74) is 7.02. The molecule has 0 aromatic heterocycles. The average Bonchev–Trinajstić information content (AvgIpc) is 3.07. The van der Waals surface area contributed by atoms with Gasteiger partial charge in [0.25, 0.3) is 0 Å². The molecule has 1 aliphatic rings. The highest BCUT2D eigenvalue weighted by Gasteiger charge is 2.48. The largest absolute Gasteiger partial charge is 0.461 e. The van der Waals surface area contributed by atoms with E-state index in [1.54, 1.807) is 24.3 Å². The maximum atomic E-state index is 13.1. The van der Waals surface area contributed by atoms with Crippen LogP contribution in [0.25, 0.3) is 0 Å². The van der Waals surface area contributed by atoms with Crippen LogP contribution in [0, 0.1) is 0 Å². The van der Waals surface area contributed by atoms with E-state index in [9.17, 15) is 34.2 Å². The maximum absolute atomic E-state index is 13.1. The number of esters is 1. The molecule has 0 saturated carbocycles. The fourth-order valence-electron chi connectivity index (χ4n) is 4.86. The van der Waals surface area contributed by atoms with Gasteiger partial charge in [0.05, 0.1) is 13.2 Å². The molecule has 7 N–H and O–H groups in total. The number of ether oxygens (including phenoxy) is 4. The van der Waals surface area contributed by atoms with Gasteiger partial charge in [0.15, 0.2) is 6.29 Å². The van der Waals surface area contributed by atoms with Crippen LogP contribution in [0.4, 0.5) is 0 Å². The lowest BCUT2D eigenvalue weighted by molar-refractivity contribution is -0.283. The van der Waals surface area contributed by atoms with E-state index in [1.807, 2.05) is 36.4 Å². The molecule has 0 aliphatic carbocycles. The van der Waals surface area contributed by atoms with Gasteiger partial charge in [0.2, 0.25) is 23.6 Å². The highest BCUT2D eigenvalue weighted by atomic mass is 16.7. The number of carbonyl (C=O) groups excluding carboxylic acids is 5. The Labute approximate surface area is 278 Å². The minimum Gasteiger partial charge on any atom is -0.461 e. The van der Waals surface area contributed by atoms with E-state index in [0.717, 1.165) is 11.1 Å². The van der Waals surface area contributed by atoms with Crippen molar-refractivity contribution in [3.63, 3.8) is 0 Å². The van der Waals surface area contributed by atoms with Crippen LogP contribution in [0.3, 0.4) is 0 Å². The third-order valence-corrected chi connectivity index (χ3v) is 7.50. The topological polar surface area (TPSA) is 225 Å². The predicted octanol–water partition coefficient (Wildman–Crippen LogP) is -0.442. The van der Waals surface area contributed by atoms with Crippen LogP contribution in [0.5, 0.6) is 0 Å². The van der Waals surface area contributed by atoms with Gasteiger partial charge in [-0.25, -0.2) is 0 Å². The predicted molar refractivity (Wildman–Crippen MR) is 169 cm³/mol. The summed E-state index contributed by atoms with van der Waals surface area (Å²) < 4.78 is 22.7. The summed E-state index contributed by atoms with van der Waals surface area (Å²) in [7, 11) is 0. The third-order valence-electron chi connectivity index (χ3n) is 7.50. The van der Waals surface area contributed by atoms with Gasteiger partial charge in [-0.15, -0.1) is 0 Å². The summed E-state index contributed by atoms with van der Waals surface area (Å²) in [4.78, 5) is 62.2. The van der Waals surface area contributed by atoms with Gasteiger partial charge in [-0.1, -0.05) is 60.7 Å². The molecule has 4 amide bonds. The Morgan fingerprint density at radius 2 is 1.52 bits per heavy atom. The van der Waals surface area contributed by atoms with Crippen molar-refractivity contribution in [1.82, 2.24) is 16.0 Å². The molecule has 1 heterocycles. The highest BCUT2D eigenvalue weighted by Crippen LogP contribution is 2.26. The first-order valence-electron chi connectivity index (χ1n) is 15.5. The molecule has 2 aromatic carbocycles. The normalized spacial score (nSPS) is 22.4. The van der Waals surface area contributed by atoms with Gasteiger partial charge < -0.3 is 50.8 Å². The molecular formula is C33H44N4O11. The van der Waals surface area contributed by atoms with Crippen molar-refractivity contribution >= 4 is 29.6 Å². The second-order valence-corrected chi connectivity index (χ2v) is 11.4. The molecule has 48 heavy (non-hydrogen) atoms. The van der Waals surface area contributed by atoms with Gasteiger partial charge in [0, 0.05) is 13.3 Å². The zero-order chi connectivity index (χ0) is 35.2. The first-order valence-corrected chi connectivity index (χ1v) is 15.5. The van der Waals surface area contributed by atoms with E-state index >= 15 is 0 Å². The second-order valence-electron chi connectivity index (χ2n) is 11.4. The number of carbonyl (C=O) groups is 5. The van der Waals surface area contributed by atoms with Crippen molar-refractivity contribution in [2.45, 2.75) is 95.7 Å². The SMILES string of the molecule is CC(=O)NC1C(OCc2ccccc2)OC(CO)C(O)C1OC(C)C(=O)NC(C)C(=O)NC(CCC(=O)OCc1ccccc1)C(N)=O. The number of aliphatic hydroxyl groups is 2. The number of aliphatic hydroxyl groups excluding tert-OH is 2. The van der Waals surface area contributed by atoms with E-state index in [-0.39, 0.29) is 26.1 Å². The smallest absolute Gasteiger partial charge is 0.306 e. The maximum Gasteiger partial charge on any atom is 0.306 e. The lowest BCUT2D eigenvalue weighted by Crippen LogP contribution is -2.66. The number of amides is 4. The monoisotopic (exact) mass is 672 g/mol. The van der Waals surface area contributed by atoms with Crippen molar-refractivity contribution in [2.75, 3.05) is 6.61 Å². The summed E-state index contributed by atoms with van der Waals surface area (Å²) in [6.45, 7) is 3.50. The molecule has 262 valence electrons. The number of hydrogen-bond donors (Lipinski definition) is 6. The Morgan fingerprint density at radius 3 is 2.08 bits per heavy atom. The standard InChI is InChI=1S/C33H44N4O11/c1-19(31(43)37-24(30(34)42)14-15-26(40)45-17-22-10-6-4-7-11-22)35-32(44)20(2)47-29-27(36-21(3)39)33(48-25(16-38)28(29)41)46-18-23-12-8-5-9-13-23/h4-13,19-20,24-25,27-29,33,38,41H,14-18H2,1-3H3,(H2,34,42)(H,35,44)(H,36,39)(H,37,43). The van der Waals surface area contributed by atoms with Gasteiger partial charge >= 0.3 is 5.97 Å². The Balaban J connectivity index is 1.58. The number of rotatable bonds is 17. The lowest BCUT2D eigenvalue weighted by Gasteiger charge is -2.44. The molecule has 15 nitrogen and oxygen atoms in total. The Hall–Kier alpha value is -4.41. The quantitative estimate of drug-likeness (QED) is 0.118. The molecule has 3 rings (SSSR count). The van der Waals surface area contributed by atoms with Crippen LogP contribution in [-0.2, 0) is 56.1 Å². The van der Waals surface area contributed by atoms with E-state index in [1.165, 1.54) is 20.8 Å². The van der Waals surface area contributed by atoms with Crippen molar-refractivity contribution in [3.8, 4) is 0 Å². The van der Waals surface area contributed by atoms with E-state index < -0.39 is 85.0 Å². The number of nitrogens with one attached hydrogen (secondary N) is 3. The van der Waals surface area contributed by atoms with Crippen LogP contribution in [0.1, 0.15) is 44.7 Å². The van der Waals surface area contributed by atoms with Crippen LogP contribution in [0.2, 0.25) is 0 Å². The molecule has 15 heteroatoms. The highest BCUT2D eigenvalue weighted by molar-refractivity contribution is 5.92. The van der Waals surface area contributed by atoms with Gasteiger partial charge in [-0.2, -0.15) is 0 Å². The van der Waals surface area contributed by atoms with Gasteiger partial charge in [0.1, 0.15) is 49.1 Å². The first-order chi connectivity index (χ1) is 22.9. The molecule has 0 radical (unpaired) electrons. The fourth-order valence-corrected chi connectivity index (χ4v) is 4.86. The van der Waals surface area contributed by atoms with E-state index in [0.29, 0.717) is 0 Å². The Bertz CT molecular complexity index is 1360. The summed E-state index contributed by atoms with van der Waals surface area (Å²) in [6.07, 6.45) is -6.68. The molecule has 8 atom stereocenters. The van der Waals surface area contributed by atoms with Crippen LogP contribution in [0.15, 0.2) is 60.7 Å². The summed E-state index contributed by atoms with van der Waals surface area (Å²) in [6, 6.07) is 14.6. The Morgan fingerprint density at radius 1 is 0.917 bits per heavy atom. The average molecular weight is 673 g/mol. The van der Waals surface area contributed by atoms with E-state index in [4.69, 9.17) is 24.7 Å². The minimum absolute atomic E-state index is 0.0507. The minimum atomic E-state index is -1.48. The third kappa shape index (κ3) is 11.7. The van der Waals surface area contributed by atoms with Crippen molar-refractivity contribution < 1.29 is 53.1 Å². The number of hydrogen-bond acceptors (Lipinski definition) is 11. The number of primary amides is 1. The molecule has 1 saturated heterocycles. The second kappa shape index (κ2) is 18.8. The Kier molecular flexibility index (Phi) is 14.9. The molecule has 0 bridgehead atoms. The van der Waals surface area contributed by atoms with Crippen LogP contribution < -0.4 is 21.7 Å². The van der Waals surface area contributed by atoms with E-state index in [2.05, 4.69) is 16.0 Å². The van der Waals surface area contributed by atoms with Gasteiger partial charge in [-0.05, 0) is 31.4 Å². The number of nitrogens with two attached hydrogens (primary N) is 1. The first kappa shape index (κ1) is 38.0.